The van der Waals surface area contributed by atoms with Gasteiger partial charge in [0.15, 0.2) is 0 Å². The van der Waals surface area contributed by atoms with Crippen molar-refractivity contribution in [2.75, 3.05) is 4.72 Å². The number of allylic oxidation sites excluding steroid dienone is 4. The second-order valence-corrected chi connectivity index (χ2v) is 6.06. The van der Waals surface area contributed by atoms with E-state index in [2.05, 4.69) is 11.3 Å². The summed E-state index contributed by atoms with van der Waals surface area (Å²) in [5.41, 5.74) is 1.30. The number of sulfonamides is 1. The predicted molar refractivity (Wildman–Crippen MR) is 81.8 cm³/mol. The van der Waals surface area contributed by atoms with Gasteiger partial charge in [0.05, 0.1) is 10.6 Å². The van der Waals surface area contributed by atoms with E-state index in [4.69, 9.17) is 11.6 Å². The lowest BCUT2D eigenvalue weighted by Crippen LogP contribution is -2.13. The Morgan fingerprint density at radius 2 is 2.05 bits per heavy atom. The fourth-order valence-corrected chi connectivity index (χ4v) is 2.25. The number of benzene rings is 1. The molecule has 1 rings (SSSR count). The summed E-state index contributed by atoms with van der Waals surface area (Å²) in [6, 6.07) is 4.97. The minimum Gasteiger partial charge on any atom is -0.280 e. The van der Waals surface area contributed by atoms with Crippen LogP contribution < -0.4 is 4.72 Å². The van der Waals surface area contributed by atoms with Crippen molar-refractivity contribution >= 4 is 27.3 Å². The molecule has 0 aliphatic heterocycles. The maximum absolute atomic E-state index is 12.0. The third-order valence-electron chi connectivity index (χ3n) is 2.35. The van der Waals surface area contributed by atoms with Gasteiger partial charge in [0.1, 0.15) is 0 Å². The third-order valence-corrected chi connectivity index (χ3v) is 4.09. The lowest BCUT2D eigenvalue weighted by atomic mass is 10.2. The number of halogens is 1. The smallest absolute Gasteiger partial charge is 0.261 e. The molecule has 0 spiro atoms. The molecule has 0 atom stereocenters. The summed E-state index contributed by atoms with van der Waals surface area (Å²) in [6.45, 7) is 7.22. The lowest BCUT2D eigenvalue weighted by molar-refractivity contribution is 0.608. The molecule has 0 aliphatic rings. The highest BCUT2D eigenvalue weighted by Gasteiger charge is 2.13. The number of rotatable bonds is 5. The van der Waals surface area contributed by atoms with Crippen molar-refractivity contribution in [2.24, 2.45) is 0 Å². The SMILES string of the molecule is C=C(/C=C\C=C/C)S(=O)(=O)Nc1ccc(C)c(Cl)c1. The summed E-state index contributed by atoms with van der Waals surface area (Å²) >= 11 is 5.94. The number of hydrogen-bond donors (Lipinski definition) is 1. The van der Waals surface area contributed by atoms with Crippen LogP contribution in [0.2, 0.25) is 5.02 Å². The molecule has 0 saturated carbocycles. The van der Waals surface area contributed by atoms with Gasteiger partial charge >= 0.3 is 0 Å². The third kappa shape index (κ3) is 4.58. The van der Waals surface area contributed by atoms with Gasteiger partial charge in [0.25, 0.3) is 10.0 Å². The Labute approximate surface area is 119 Å². The summed E-state index contributed by atoms with van der Waals surface area (Å²) in [6.07, 6.45) is 6.56. The van der Waals surface area contributed by atoms with E-state index in [0.29, 0.717) is 10.7 Å². The van der Waals surface area contributed by atoms with Gasteiger partial charge in [0, 0.05) is 5.02 Å². The maximum Gasteiger partial charge on any atom is 0.261 e. The van der Waals surface area contributed by atoms with Crippen molar-refractivity contribution in [3.63, 3.8) is 0 Å². The molecule has 0 aromatic heterocycles. The molecular weight excluding hydrogens is 282 g/mol. The maximum atomic E-state index is 12.0. The second-order valence-electron chi connectivity index (χ2n) is 3.92. The first-order valence-corrected chi connectivity index (χ1v) is 7.50. The Bertz CT molecular complexity index is 631. The van der Waals surface area contributed by atoms with Gasteiger partial charge in [-0.3, -0.25) is 4.72 Å². The van der Waals surface area contributed by atoms with E-state index in [9.17, 15) is 8.42 Å². The van der Waals surface area contributed by atoms with Crippen LogP contribution in [0, 0.1) is 6.92 Å². The molecule has 0 fully saturated rings. The largest absolute Gasteiger partial charge is 0.280 e. The zero-order chi connectivity index (χ0) is 14.5. The Hall–Kier alpha value is -1.52. The van der Waals surface area contributed by atoms with Gasteiger partial charge in [-0.15, -0.1) is 0 Å². The zero-order valence-corrected chi connectivity index (χ0v) is 12.4. The van der Waals surface area contributed by atoms with Crippen molar-refractivity contribution in [1.29, 1.82) is 0 Å². The van der Waals surface area contributed by atoms with Gasteiger partial charge in [-0.05, 0) is 37.6 Å². The molecule has 1 aromatic rings. The average Bonchev–Trinajstić information content (AvgIpc) is 2.33. The monoisotopic (exact) mass is 297 g/mol. The minimum absolute atomic E-state index is 0.0118. The summed E-state index contributed by atoms with van der Waals surface area (Å²) in [5.74, 6) is 0. The van der Waals surface area contributed by atoms with Gasteiger partial charge < -0.3 is 0 Å². The van der Waals surface area contributed by atoms with Crippen LogP contribution in [0.3, 0.4) is 0 Å². The summed E-state index contributed by atoms with van der Waals surface area (Å²) < 4.78 is 26.3. The van der Waals surface area contributed by atoms with Crippen LogP contribution in [-0.4, -0.2) is 8.42 Å². The predicted octanol–water partition coefficient (Wildman–Crippen LogP) is 4.04. The molecule has 0 amide bonds. The van der Waals surface area contributed by atoms with Crippen LogP contribution in [-0.2, 0) is 10.0 Å². The van der Waals surface area contributed by atoms with E-state index in [1.165, 1.54) is 6.08 Å². The van der Waals surface area contributed by atoms with E-state index >= 15 is 0 Å². The number of aryl methyl sites for hydroxylation is 1. The van der Waals surface area contributed by atoms with E-state index in [0.717, 1.165) is 5.56 Å². The van der Waals surface area contributed by atoms with Crippen molar-refractivity contribution in [3.05, 3.63) is 64.6 Å². The number of hydrogen-bond acceptors (Lipinski definition) is 2. The summed E-state index contributed by atoms with van der Waals surface area (Å²) in [7, 11) is -3.65. The standard InChI is InChI=1S/C14H16ClNO2S/c1-4-5-6-7-12(3)19(17,18)16-13-9-8-11(2)14(15)10-13/h4-10,16H,3H2,1-2H3/b5-4-,7-6-. The van der Waals surface area contributed by atoms with Crippen LogP contribution >= 0.6 is 11.6 Å². The Balaban J connectivity index is 2.90. The van der Waals surface area contributed by atoms with Crippen molar-refractivity contribution < 1.29 is 8.42 Å². The summed E-state index contributed by atoms with van der Waals surface area (Å²) in [5, 5.41) is 0.510. The first kappa shape index (κ1) is 15.5. The number of nitrogens with one attached hydrogen (secondary N) is 1. The molecule has 0 saturated heterocycles. The summed E-state index contributed by atoms with van der Waals surface area (Å²) in [4.78, 5) is -0.0118. The molecule has 0 unspecified atom stereocenters. The first-order chi connectivity index (χ1) is 8.86. The van der Waals surface area contributed by atoms with Gasteiger partial charge in [0.2, 0.25) is 0 Å². The van der Waals surface area contributed by atoms with Crippen LogP contribution in [0.4, 0.5) is 5.69 Å². The Morgan fingerprint density at radius 1 is 1.37 bits per heavy atom. The molecule has 0 radical (unpaired) electrons. The van der Waals surface area contributed by atoms with Crippen LogP contribution in [0.1, 0.15) is 12.5 Å². The van der Waals surface area contributed by atoms with Gasteiger partial charge in [-0.2, -0.15) is 0 Å². The molecule has 0 heterocycles. The zero-order valence-electron chi connectivity index (χ0n) is 10.9. The molecule has 19 heavy (non-hydrogen) atoms. The molecule has 5 heteroatoms. The Morgan fingerprint density at radius 3 is 2.63 bits per heavy atom. The second kappa shape index (κ2) is 6.59. The van der Waals surface area contributed by atoms with Crippen LogP contribution in [0.25, 0.3) is 0 Å². The van der Waals surface area contributed by atoms with E-state index in [1.807, 2.05) is 13.8 Å². The van der Waals surface area contributed by atoms with Crippen molar-refractivity contribution in [3.8, 4) is 0 Å². The fraction of sp³-hybridized carbons (Fsp3) is 0.143. The quantitative estimate of drug-likeness (QED) is 0.834. The van der Waals surface area contributed by atoms with E-state index in [-0.39, 0.29) is 4.91 Å². The van der Waals surface area contributed by atoms with E-state index < -0.39 is 10.0 Å². The highest BCUT2D eigenvalue weighted by Crippen LogP contribution is 2.22. The van der Waals surface area contributed by atoms with Gasteiger partial charge in [-0.25, -0.2) is 8.42 Å². The van der Waals surface area contributed by atoms with Crippen molar-refractivity contribution in [2.45, 2.75) is 13.8 Å². The highest BCUT2D eigenvalue weighted by molar-refractivity contribution is 7.96. The minimum atomic E-state index is -3.65. The molecule has 102 valence electrons. The Kier molecular flexibility index (Phi) is 5.39. The van der Waals surface area contributed by atoms with Gasteiger partial charge in [-0.1, -0.05) is 42.5 Å². The molecular formula is C14H16ClNO2S. The highest BCUT2D eigenvalue weighted by atomic mass is 35.5. The lowest BCUT2D eigenvalue weighted by Gasteiger charge is -2.08. The fourth-order valence-electron chi connectivity index (χ4n) is 1.24. The molecule has 1 aromatic carbocycles. The molecule has 0 bridgehead atoms. The molecule has 0 aliphatic carbocycles. The van der Waals surface area contributed by atoms with Crippen molar-refractivity contribution in [1.82, 2.24) is 0 Å². The van der Waals surface area contributed by atoms with E-state index in [1.54, 1.807) is 36.4 Å². The molecule has 1 N–H and O–H groups in total. The average molecular weight is 298 g/mol. The normalized spacial score (nSPS) is 12.2. The topological polar surface area (TPSA) is 46.2 Å². The van der Waals surface area contributed by atoms with Crippen LogP contribution in [0.15, 0.2) is 54.0 Å². The first-order valence-electron chi connectivity index (χ1n) is 5.64. The number of anilines is 1. The van der Waals surface area contributed by atoms with Crippen LogP contribution in [0.5, 0.6) is 0 Å². The molecule has 3 nitrogen and oxygen atoms in total.